The highest BCUT2D eigenvalue weighted by atomic mass is 16.7. The van der Waals surface area contributed by atoms with E-state index in [9.17, 15) is 9.59 Å². The van der Waals surface area contributed by atoms with E-state index < -0.39 is 12.1 Å². The first kappa shape index (κ1) is 18.7. The average Bonchev–Trinajstić information content (AvgIpc) is 2.64. The first-order valence-corrected chi connectivity index (χ1v) is 7.89. The van der Waals surface area contributed by atoms with Crippen molar-refractivity contribution in [2.24, 2.45) is 0 Å². The number of para-hydroxylation sites is 2. The highest BCUT2D eigenvalue weighted by Gasteiger charge is 2.06. The van der Waals surface area contributed by atoms with Crippen molar-refractivity contribution in [1.82, 2.24) is 0 Å². The summed E-state index contributed by atoms with van der Waals surface area (Å²) >= 11 is 0. The lowest BCUT2D eigenvalue weighted by Crippen LogP contribution is -2.13. The molecule has 0 unspecified atom stereocenters. The molecule has 0 aliphatic rings. The standard InChI is InChI=1S/C13H10O3.C8H8O2/c14-13(15-11-7-3-1-4-8-11)16-12-9-5-2-6-10-12;9-8(10)6-7-4-2-1-3-5-7/h1-10H;1-5H,6H2,(H,9,10). The quantitative estimate of drug-likeness (QED) is 0.551. The molecule has 0 bridgehead atoms. The van der Waals surface area contributed by atoms with Crippen LogP contribution in [-0.2, 0) is 11.2 Å². The molecule has 1 N–H and O–H groups in total. The molecule has 0 saturated carbocycles. The van der Waals surface area contributed by atoms with Crippen LogP contribution in [0.1, 0.15) is 5.56 Å². The molecule has 3 aromatic rings. The zero-order valence-corrected chi connectivity index (χ0v) is 13.9. The fourth-order valence-corrected chi connectivity index (χ4v) is 1.96. The Morgan fingerprint density at radius 1 is 0.654 bits per heavy atom. The zero-order chi connectivity index (χ0) is 18.6. The van der Waals surface area contributed by atoms with Crippen molar-refractivity contribution >= 4 is 12.1 Å². The lowest BCUT2D eigenvalue weighted by molar-refractivity contribution is -0.136. The summed E-state index contributed by atoms with van der Waals surface area (Å²) in [5, 5.41) is 8.37. The summed E-state index contributed by atoms with van der Waals surface area (Å²) in [6, 6.07) is 26.7. The molecule has 132 valence electrons. The number of carboxylic acid groups (broad SMARTS) is 1. The predicted octanol–water partition coefficient (Wildman–Crippen LogP) is 4.58. The number of rotatable bonds is 4. The van der Waals surface area contributed by atoms with Crippen LogP contribution < -0.4 is 9.47 Å². The van der Waals surface area contributed by atoms with E-state index in [1.165, 1.54) is 0 Å². The molecule has 0 aliphatic heterocycles. The van der Waals surface area contributed by atoms with Crippen molar-refractivity contribution in [2.45, 2.75) is 6.42 Å². The van der Waals surface area contributed by atoms with Gasteiger partial charge in [0.1, 0.15) is 11.5 Å². The first-order chi connectivity index (χ1) is 12.6. The van der Waals surface area contributed by atoms with E-state index in [1.54, 1.807) is 60.7 Å². The number of carbonyl (C=O) groups excluding carboxylic acids is 1. The van der Waals surface area contributed by atoms with Crippen LogP contribution in [0, 0.1) is 0 Å². The lowest BCUT2D eigenvalue weighted by Gasteiger charge is -2.04. The van der Waals surface area contributed by atoms with E-state index >= 15 is 0 Å². The normalized spacial score (nSPS) is 9.38. The van der Waals surface area contributed by atoms with Crippen molar-refractivity contribution < 1.29 is 24.2 Å². The maximum Gasteiger partial charge on any atom is 0.519 e. The molecule has 3 rings (SSSR count). The Balaban J connectivity index is 0.000000209. The molecular formula is C21H18O5. The molecular weight excluding hydrogens is 332 g/mol. The molecule has 0 heterocycles. The van der Waals surface area contributed by atoms with E-state index in [0.29, 0.717) is 11.5 Å². The molecule has 0 atom stereocenters. The summed E-state index contributed by atoms with van der Waals surface area (Å²) < 4.78 is 9.91. The molecule has 3 aromatic carbocycles. The molecule has 5 nitrogen and oxygen atoms in total. The number of carboxylic acids is 1. The highest BCUT2D eigenvalue weighted by Crippen LogP contribution is 2.12. The molecule has 0 aromatic heterocycles. The second-order valence-corrected chi connectivity index (χ2v) is 5.14. The maximum absolute atomic E-state index is 11.3. The Hall–Kier alpha value is -3.60. The minimum atomic E-state index is -0.786. The van der Waals surface area contributed by atoms with Crippen LogP contribution in [0.5, 0.6) is 11.5 Å². The smallest absolute Gasteiger partial charge is 0.481 e. The van der Waals surface area contributed by atoms with Gasteiger partial charge in [0.15, 0.2) is 0 Å². The Labute approximate surface area is 151 Å². The van der Waals surface area contributed by atoms with Gasteiger partial charge in [-0.3, -0.25) is 4.79 Å². The predicted molar refractivity (Wildman–Crippen MR) is 97.3 cm³/mol. The van der Waals surface area contributed by atoms with Crippen molar-refractivity contribution in [1.29, 1.82) is 0 Å². The van der Waals surface area contributed by atoms with Gasteiger partial charge < -0.3 is 14.6 Å². The monoisotopic (exact) mass is 350 g/mol. The topological polar surface area (TPSA) is 72.8 Å². The van der Waals surface area contributed by atoms with Crippen LogP contribution in [0.4, 0.5) is 4.79 Å². The highest BCUT2D eigenvalue weighted by molar-refractivity contribution is 5.70. The van der Waals surface area contributed by atoms with Crippen LogP contribution in [0.25, 0.3) is 0 Å². The number of carbonyl (C=O) groups is 2. The van der Waals surface area contributed by atoms with Crippen molar-refractivity contribution in [3.8, 4) is 11.5 Å². The molecule has 5 heteroatoms. The van der Waals surface area contributed by atoms with E-state index in [1.807, 2.05) is 30.3 Å². The molecule has 0 amide bonds. The fraction of sp³-hybridized carbons (Fsp3) is 0.0476. The number of hydrogen-bond acceptors (Lipinski definition) is 4. The van der Waals surface area contributed by atoms with Gasteiger partial charge in [0.25, 0.3) is 0 Å². The molecule has 26 heavy (non-hydrogen) atoms. The van der Waals surface area contributed by atoms with Gasteiger partial charge >= 0.3 is 12.1 Å². The van der Waals surface area contributed by atoms with Crippen LogP contribution in [0.3, 0.4) is 0 Å². The Bertz CT molecular complexity index is 758. The minimum Gasteiger partial charge on any atom is -0.481 e. The summed E-state index contributed by atoms with van der Waals surface area (Å²) in [7, 11) is 0. The van der Waals surface area contributed by atoms with Crippen molar-refractivity contribution in [3.05, 3.63) is 96.6 Å². The fourth-order valence-electron chi connectivity index (χ4n) is 1.96. The van der Waals surface area contributed by atoms with E-state index in [4.69, 9.17) is 14.6 Å². The third-order valence-corrected chi connectivity index (χ3v) is 3.09. The van der Waals surface area contributed by atoms with Gasteiger partial charge in [0.05, 0.1) is 6.42 Å². The third-order valence-electron chi connectivity index (χ3n) is 3.09. The third kappa shape index (κ3) is 7.31. The number of aliphatic carboxylic acids is 1. The molecule has 0 radical (unpaired) electrons. The van der Waals surface area contributed by atoms with Crippen LogP contribution >= 0.6 is 0 Å². The summed E-state index contributed by atoms with van der Waals surface area (Å²) in [6.45, 7) is 0. The van der Waals surface area contributed by atoms with Gasteiger partial charge in [0, 0.05) is 0 Å². The Kier molecular flexibility index (Phi) is 7.42. The van der Waals surface area contributed by atoms with Crippen LogP contribution in [0.15, 0.2) is 91.0 Å². The summed E-state index contributed by atoms with van der Waals surface area (Å²) in [5.41, 5.74) is 0.843. The molecule has 0 fully saturated rings. The first-order valence-electron chi connectivity index (χ1n) is 7.89. The van der Waals surface area contributed by atoms with E-state index in [0.717, 1.165) is 5.56 Å². The van der Waals surface area contributed by atoms with Gasteiger partial charge in [-0.2, -0.15) is 0 Å². The van der Waals surface area contributed by atoms with Crippen LogP contribution in [-0.4, -0.2) is 17.2 Å². The SMILES string of the molecule is O=C(O)Cc1ccccc1.O=C(Oc1ccccc1)Oc1ccccc1. The average molecular weight is 350 g/mol. The van der Waals surface area contributed by atoms with E-state index in [2.05, 4.69) is 0 Å². The van der Waals surface area contributed by atoms with Gasteiger partial charge in [-0.05, 0) is 29.8 Å². The maximum atomic E-state index is 11.3. The number of hydrogen-bond donors (Lipinski definition) is 1. The van der Waals surface area contributed by atoms with Crippen molar-refractivity contribution in [2.75, 3.05) is 0 Å². The molecule has 0 saturated heterocycles. The second-order valence-electron chi connectivity index (χ2n) is 5.14. The van der Waals surface area contributed by atoms with Gasteiger partial charge in [-0.1, -0.05) is 66.7 Å². The summed E-state index contributed by atoms with van der Waals surface area (Å²) in [6.07, 6.45) is -0.627. The Morgan fingerprint density at radius 2 is 1.04 bits per heavy atom. The van der Waals surface area contributed by atoms with Gasteiger partial charge in [-0.25, -0.2) is 4.79 Å². The van der Waals surface area contributed by atoms with Crippen LogP contribution in [0.2, 0.25) is 0 Å². The summed E-state index contributed by atoms with van der Waals surface area (Å²) in [5.74, 6) is 0.137. The van der Waals surface area contributed by atoms with Gasteiger partial charge in [0.2, 0.25) is 0 Å². The lowest BCUT2D eigenvalue weighted by atomic mass is 10.2. The Morgan fingerprint density at radius 3 is 1.42 bits per heavy atom. The summed E-state index contributed by atoms with van der Waals surface area (Å²) in [4.78, 5) is 21.5. The minimum absolute atomic E-state index is 0.112. The van der Waals surface area contributed by atoms with E-state index in [-0.39, 0.29) is 6.42 Å². The second kappa shape index (κ2) is 10.3. The zero-order valence-electron chi connectivity index (χ0n) is 13.9. The van der Waals surface area contributed by atoms with Gasteiger partial charge in [-0.15, -0.1) is 0 Å². The van der Waals surface area contributed by atoms with Crippen molar-refractivity contribution in [3.63, 3.8) is 0 Å². The molecule has 0 aliphatic carbocycles. The largest absolute Gasteiger partial charge is 0.519 e. The number of ether oxygens (including phenoxy) is 2. The molecule has 0 spiro atoms. The number of benzene rings is 3.